The number of fused-ring (bicyclic) bond motifs is 4. The van der Waals surface area contributed by atoms with Gasteiger partial charge in [0.15, 0.2) is 0 Å². The Hall–Kier alpha value is -0.530. The largest absolute Gasteiger partial charge is 0.481 e. The van der Waals surface area contributed by atoms with Crippen LogP contribution in [-0.2, 0) is 4.79 Å². The van der Waals surface area contributed by atoms with Crippen LogP contribution in [0, 0.1) is 51.2 Å². The minimum absolute atomic E-state index is 0.290. The Morgan fingerprint density at radius 2 is 1.58 bits per heavy atom. The van der Waals surface area contributed by atoms with Crippen LogP contribution in [0.1, 0.15) is 80.1 Å². The second-order valence-corrected chi connectivity index (χ2v) is 11.1. The molecular formula is C22H36O2. The van der Waals surface area contributed by atoms with Gasteiger partial charge < -0.3 is 5.11 Å². The fourth-order valence-corrected chi connectivity index (χ4v) is 9.46. The van der Waals surface area contributed by atoms with Crippen LogP contribution in [0.15, 0.2) is 0 Å². The highest BCUT2D eigenvalue weighted by Gasteiger charge is 2.82. The molecule has 4 bridgehead atoms. The quantitative estimate of drug-likeness (QED) is 0.729. The monoisotopic (exact) mass is 332 g/mol. The van der Waals surface area contributed by atoms with Crippen molar-refractivity contribution in [2.24, 2.45) is 51.2 Å². The summed E-state index contributed by atoms with van der Waals surface area (Å²) >= 11 is 0. The summed E-state index contributed by atoms with van der Waals surface area (Å²) in [6, 6.07) is 0. The molecule has 0 aromatic carbocycles. The van der Waals surface area contributed by atoms with Gasteiger partial charge in [0.25, 0.3) is 0 Å². The number of hydrogen-bond donors (Lipinski definition) is 1. The first-order valence-corrected chi connectivity index (χ1v) is 10.2. The van der Waals surface area contributed by atoms with E-state index in [4.69, 9.17) is 0 Å². The Labute approximate surface area is 147 Å². The van der Waals surface area contributed by atoms with Crippen LogP contribution in [-0.4, -0.2) is 11.1 Å². The van der Waals surface area contributed by atoms with Crippen molar-refractivity contribution < 1.29 is 9.90 Å². The molecular weight excluding hydrogens is 296 g/mol. The van der Waals surface area contributed by atoms with E-state index < -0.39 is 5.97 Å². The molecule has 2 nitrogen and oxygen atoms in total. The minimum Gasteiger partial charge on any atom is -0.481 e. The van der Waals surface area contributed by atoms with E-state index >= 15 is 0 Å². The van der Waals surface area contributed by atoms with E-state index in [0.29, 0.717) is 45.8 Å². The number of carboxylic acids is 1. The molecule has 0 radical (unpaired) electrons. The Morgan fingerprint density at radius 1 is 0.958 bits per heavy atom. The first-order valence-electron chi connectivity index (χ1n) is 10.2. The highest BCUT2D eigenvalue weighted by atomic mass is 16.4. The lowest BCUT2D eigenvalue weighted by atomic mass is 9.18. The van der Waals surface area contributed by atoms with Gasteiger partial charge in [-0.25, -0.2) is 0 Å². The fraction of sp³-hybridized carbons (Fsp3) is 0.955. The van der Waals surface area contributed by atoms with Crippen LogP contribution in [0.5, 0.6) is 0 Å². The highest BCUT2D eigenvalue weighted by Crippen LogP contribution is 2.88. The van der Waals surface area contributed by atoms with E-state index in [1.54, 1.807) is 0 Å². The maximum absolute atomic E-state index is 11.4. The molecule has 0 amide bonds. The van der Waals surface area contributed by atoms with Gasteiger partial charge in [0.05, 0.1) is 0 Å². The van der Waals surface area contributed by atoms with Gasteiger partial charge in [0.1, 0.15) is 0 Å². The van der Waals surface area contributed by atoms with E-state index in [2.05, 4.69) is 41.5 Å². The molecule has 0 saturated heterocycles. The van der Waals surface area contributed by atoms with Crippen molar-refractivity contribution in [2.75, 3.05) is 0 Å². The lowest BCUT2D eigenvalue weighted by Gasteiger charge is -2.86. The molecule has 0 aromatic rings. The second-order valence-electron chi connectivity index (χ2n) is 11.1. The van der Waals surface area contributed by atoms with Crippen LogP contribution in [0.25, 0.3) is 0 Å². The van der Waals surface area contributed by atoms with Crippen molar-refractivity contribution in [1.29, 1.82) is 0 Å². The van der Waals surface area contributed by atoms with Gasteiger partial charge in [0, 0.05) is 6.42 Å². The Kier molecular flexibility index (Phi) is 3.24. The lowest BCUT2D eigenvalue weighted by Crippen LogP contribution is -2.80. The highest BCUT2D eigenvalue weighted by molar-refractivity contribution is 5.67. The van der Waals surface area contributed by atoms with E-state index in [0.717, 1.165) is 18.3 Å². The zero-order chi connectivity index (χ0) is 17.7. The molecule has 1 N–H and O–H groups in total. The molecule has 0 aromatic heterocycles. The molecule has 0 spiro atoms. The number of rotatable bonds is 3. The number of aliphatic carboxylic acids is 1. The van der Waals surface area contributed by atoms with Gasteiger partial charge in [-0.1, -0.05) is 41.5 Å². The third-order valence-electron chi connectivity index (χ3n) is 10.4. The van der Waals surface area contributed by atoms with E-state index in [9.17, 15) is 9.90 Å². The Bertz CT molecular complexity index is 577. The summed E-state index contributed by atoms with van der Waals surface area (Å²) in [4.78, 5) is 11.4. The SMILES string of the molecule is CC1CCC2CC1(C13CC(C(CC(=O)O)CC1C)C3(C)C)C2(C)C. The molecule has 6 aliphatic rings. The van der Waals surface area contributed by atoms with Crippen molar-refractivity contribution in [1.82, 2.24) is 0 Å². The molecule has 136 valence electrons. The summed E-state index contributed by atoms with van der Waals surface area (Å²) in [6.07, 6.45) is 7.07. The van der Waals surface area contributed by atoms with Gasteiger partial charge in [-0.15, -0.1) is 0 Å². The normalized spacial score (nSPS) is 53.7. The van der Waals surface area contributed by atoms with Gasteiger partial charge in [0.2, 0.25) is 0 Å². The maximum atomic E-state index is 11.4. The molecule has 6 fully saturated rings. The first kappa shape index (κ1) is 16.9. The van der Waals surface area contributed by atoms with Gasteiger partial charge >= 0.3 is 5.97 Å². The third-order valence-corrected chi connectivity index (χ3v) is 10.4. The summed E-state index contributed by atoms with van der Waals surface area (Å²) in [6.45, 7) is 15.1. The summed E-state index contributed by atoms with van der Waals surface area (Å²) in [5.41, 5.74) is 1.66. The van der Waals surface area contributed by atoms with Crippen molar-refractivity contribution in [2.45, 2.75) is 80.1 Å². The van der Waals surface area contributed by atoms with Crippen molar-refractivity contribution >= 4 is 5.97 Å². The van der Waals surface area contributed by atoms with Crippen LogP contribution >= 0.6 is 0 Å². The molecule has 7 atom stereocenters. The van der Waals surface area contributed by atoms with Gasteiger partial charge in [-0.2, -0.15) is 0 Å². The average Bonchev–Trinajstić information content (AvgIpc) is 2.46. The zero-order valence-corrected chi connectivity index (χ0v) is 16.5. The summed E-state index contributed by atoms with van der Waals surface area (Å²) < 4.78 is 0. The Balaban J connectivity index is 1.76. The van der Waals surface area contributed by atoms with Crippen LogP contribution < -0.4 is 0 Å². The third kappa shape index (κ3) is 1.50. The van der Waals surface area contributed by atoms with Crippen molar-refractivity contribution in [3.8, 4) is 0 Å². The lowest BCUT2D eigenvalue weighted by molar-refractivity contribution is -0.380. The van der Waals surface area contributed by atoms with Crippen LogP contribution in [0.4, 0.5) is 0 Å². The summed E-state index contributed by atoms with van der Waals surface area (Å²) in [5, 5.41) is 9.35. The minimum atomic E-state index is -0.601. The first-order chi connectivity index (χ1) is 11.0. The number of carboxylic acid groups (broad SMARTS) is 1. The summed E-state index contributed by atoms with van der Waals surface area (Å²) in [5.74, 6) is 2.79. The molecule has 0 heterocycles. The van der Waals surface area contributed by atoms with Crippen molar-refractivity contribution in [3.05, 3.63) is 0 Å². The molecule has 6 saturated carbocycles. The smallest absolute Gasteiger partial charge is 0.303 e. The predicted octanol–water partition coefficient (Wildman–Crippen LogP) is 5.61. The van der Waals surface area contributed by atoms with E-state index in [1.165, 1.54) is 25.7 Å². The molecule has 24 heavy (non-hydrogen) atoms. The van der Waals surface area contributed by atoms with E-state index in [-0.39, 0.29) is 0 Å². The van der Waals surface area contributed by atoms with Gasteiger partial charge in [-0.05, 0) is 83.4 Å². The maximum Gasteiger partial charge on any atom is 0.303 e. The van der Waals surface area contributed by atoms with E-state index in [1.807, 2.05) is 0 Å². The summed E-state index contributed by atoms with van der Waals surface area (Å²) in [7, 11) is 0. The topological polar surface area (TPSA) is 37.3 Å². The van der Waals surface area contributed by atoms with Gasteiger partial charge in [-0.3, -0.25) is 4.79 Å². The standard InChI is InChI=1S/C22H36O2/c1-13-7-8-16-11-21(13,19(16,3)4)22-12-17(20(22,5)6)15(9-14(22)2)10-18(23)24/h13-17H,7-12H2,1-6H3,(H,23,24). The molecule has 0 aliphatic heterocycles. The van der Waals surface area contributed by atoms with Crippen LogP contribution in [0.3, 0.4) is 0 Å². The average molecular weight is 333 g/mol. The Morgan fingerprint density at radius 3 is 2.04 bits per heavy atom. The number of hydrogen-bond acceptors (Lipinski definition) is 1. The van der Waals surface area contributed by atoms with Crippen LogP contribution in [0.2, 0.25) is 0 Å². The van der Waals surface area contributed by atoms with Crippen molar-refractivity contribution in [3.63, 3.8) is 0 Å². The molecule has 2 heteroatoms. The molecule has 7 unspecified atom stereocenters. The second kappa shape index (κ2) is 4.60. The zero-order valence-electron chi connectivity index (χ0n) is 16.5. The molecule has 6 aliphatic carbocycles. The fourth-order valence-electron chi connectivity index (χ4n) is 9.46. The molecule has 6 rings (SSSR count). The predicted molar refractivity (Wildman–Crippen MR) is 96.6 cm³/mol. The number of carbonyl (C=O) groups is 1.